The highest BCUT2D eigenvalue weighted by molar-refractivity contribution is 8.42. The number of hydrogen-bond donors (Lipinski definition) is 3. The van der Waals surface area contributed by atoms with Crippen molar-refractivity contribution in [3.63, 3.8) is 0 Å². The van der Waals surface area contributed by atoms with Crippen molar-refractivity contribution < 1.29 is 31.4 Å². The van der Waals surface area contributed by atoms with Crippen molar-refractivity contribution in [1.29, 1.82) is 0 Å². The zero-order chi connectivity index (χ0) is 14.2. The van der Waals surface area contributed by atoms with Crippen LogP contribution in [-0.4, -0.2) is 4.89 Å². The van der Waals surface area contributed by atoms with Crippen molar-refractivity contribution in [2.45, 2.75) is 0 Å². The van der Waals surface area contributed by atoms with E-state index in [1.54, 1.807) is 4.86 Å². The van der Waals surface area contributed by atoms with Crippen LogP contribution in [0.5, 0.6) is 0 Å². The maximum absolute atomic E-state index is 13.3. The van der Waals surface area contributed by atoms with Crippen molar-refractivity contribution in [1.82, 2.24) is 4.86 Å². The number of halogens is 5. The molecule has 18 heavy (non-hydrogen) atoms. The van der Waals surface area contributed by atoms with Crippen molar-refractivity contribution in [3.8, 4) is 0 Å². The molecular formula is C6H3F5NO2P2S2+. The summed E-state index contributed by atoms with van der Waals surface area (Å²) in [6.07, 6.45) is -4.42. The first-order valence-corrected chi connectivity index (χ1v) is 9.05. The molecule has 0 saturated heterocycles. The second kappa shape index (κ2) is 5.48. The molecule has 0 aromatic heterocycles. The Morgan fingerprint density at radius 1 is 1.06 bits per heavy atom. The lowest BCUT2D eigenvalue weighted by Crippen LogP contribution is -2.24. The predicted octanol–water partition coefficient (Wildman–Crippen LogP) is 2.49. The minimum Gasteiger partial charge on any atom is -0.348 e. The van der Waals surface area contributed by atoms with E-state index in [1.165, 1.54) is 0 Å². The minimum absolute atomic E-state index is 1.61. The number of rotatable bonds is 3. The molecule has 0 heterocycles. The van der Waals surface area contributed by atoms with Gasteiger partial charge in [0.05, 0.1) is 0 Å². The Bertz CT molecular complexity index is 555. The minimum atomic E-state index is -4.42. The number of hydrogen-bond acceptors (Lipinski definition) is 2. The Morgan fingerprint density at radius 2 is 1.39 bits per heavy atom. The van der Waals surface area contributed by atoms with E-state index in [2.05, 4.69) is 24.1 Å². The molecule has 12 heteroatoms. The third kappa shape index (κ3) is 2.89. The largest absolute Gasteiger partial charge is 0.510 e. The van der Waals surface area contributed by atoms with Gasteiger partial charge in [0.1, 0.15) is 17.6 Å². The van der Waals surface area contributed by atoms with Gasteiger partial charge in [-0.2, -0.15) is 0 Å². The molecule has 0 amide bonds. The lowest BCUT2D eigenvalue weighted by molar-refractivity contribution is 0.383. The van der Waals surface area contributed by atoms with E-state index in [9.17, 15) is 31.4 Å². The van der Waals surface area contributed by atoms with Gasteiger partial charge in [0.2, 0.25) is 12.2 Å². The Morgan fingerprint density at radius 3 is 1.72 bits per heavy atom. The van der Waals surface area contributed by atoms with Crippen LogP contribution in [0.1, 0.15) is 0 Å². The van der Waals surface area contributed by atoms with Gasteiger partial charge in [0.15, 0.2) is 23.3 Å². The van der Waals surface area contributed by atoms with Crippen LogP contribution in [0.2, 0.25) is 0 Å². The van der Waals surface area contributed by atoms with Crippen LogP contribution >= 0.6 is 25.8 Å². The van der Waals surface area contributed by atoms with Gasteiger partial charge in [-0.15, -0.1) is 0 Å². The summed E-state index contributed by atoms with van der Waals surface area (Å²) in [5.41, 5.74) is 0. The average molecular weight is 342 g/mol. The van der Waals surface area contributed by atoms with Gasteiger partial charge in [-0.05, 0) is 21.2 Å². The fourth-order valence-electron chi connectivity index (χ4n) is 1.03. The molecule has 0 radical (unpaired) electrons. The molecule has 1 rings (SSSR count). The highest BCUT2D eigenvalue weighted by Crippen LogP contribution is 2.45. The van der Waals surface area contributed by atoms with Crippen LogP contribution in [0.25, 0.3) is 0 Å². The molecule has 0 fully saturated rings. The Hall–Kier alpha value is -0.110. The van der Waals surface area contributed by atoms with Crippen molar-refractivity contribution in [3.05, 3.63) is 29.1 Å². The maximum atomic E-state index is 13.3. The summed E-state index contributed by atoms with van der Waals surface area (Å²) in [6, 6.07) is 0. The molecule has 2 atom stereocenters. The molecule has 0 saturated carbocycles. The summed E-state index contributed by atoms with van der Waals surface area (Å²) >= 11 is 7.59. The summed E-state index contributed by atoms with van der Waals surface area (Å²) in [4.78, 5) is 11.1. The van der Waals surface area contributed by atoms with Crippen LogP contribution in [0.15, 0.2) is 0 Å². The molecule has 0 bridgehead atoms. The third-order valence-corrected chi connectivity index (χ3v) is 6.57. The fraction of sp³-hybridized carbons (Fsp3) is 0. The Labute approximate surface area is 109 Å². The van der Waals surface area contributed by atoms with Crippen LogP contribution in [0, 0.1) is 29.1 Å². The van der Waals surface area contributed by atoms with E-state index in [1.807, 2.05) is 0 Å². The number of benzene rings is 1. The van der Waals surface area contributed by atoms with Gasteiger partial charge >= 0.3 is 7.15 Å². The summed E-state index contributed by atoms with van der Waals surface area (Å²) < 4.78 is 75.7. The van der Waals surface area contributed by atoms with Gasteiger partial charge < -0.3 is 4.89 Å². The molecule has 0 aliphatic heterocycles. The van der Waals surface area contributed by atoms with E-state index in [4.69, 9.17) is 0 Å². The summed E-state index contributed by atoms with van der Waals surface area (Å²) in [5, 5.41) is -1.61. The summed E-state index contributed by atoms with van der Waals surface area (Å²) in [7, 11) is -2.65. The first kappa shape index (κ1) is 15.9. The van der Waals surface area contributed by atoms with E-state index in [-0.39, 0.29) is 0 Å². The van der Waals surface area contributed by atoms with Gasteiger partial charge in [-0.3, -0.25) is 0 Å². The third-order valence-electron chi connectivity index (χ3n) is 1.71. The van der Waals surface area contributed by atoms with Crippen molar-refractivity contribution >= 4 is 42.9 Å². The first-order chi connectivity index (χ1) is 8.09. The topological polar surface area (TPSA) is 49.3 Å². The monoisotopic (exact) mass is 342 g/mol. The lowest BCUT2D eigenvalue weighted by Gasteiger charge is -2.13. The fourth-order valence-corrected chi connectivity index (χ4v) is 5.94. The zero-order valence-corrected chi connectivity index (χ0v) is 11.5. The number of nitrogens with one attached hydrogen (secondary N) is 1. The van der Waals surface area contributed by atoms with Crippen LogP contribution in [-0.2, 0) is 16.4 Å². The van der Waals surface area contributed by atoms with E-state index in [0.717, 1.165) is 0 Å². The lowest BCUT2D eigenvalue weighted by atomic mass is 10.3. The molecule has 1 aromatic rings. The molecule has 0 aliphatic carbocycles. The Kier molecular flexibility index (Phi) is 4.86. The van der Waals surface area contributed by atoms with Gasteiger partial charge in [0.25, 0.3) is 0 Å². The van der Waals surface area contributed by atoms with Crippen LogP contribution in [0.3, 0.4) is 0 Å². The molecule has 1 aromatic carbocycles. The molecule has 0 spiro atoms. The molecule has 100 valence electrons. The van der Waals surface area contributed by atoms with Crippen molar-refractivity contribution in [2.75, 3.05) is 0 Å². The second-order valence-corrected chi connectivity index (χ2v) is 8.49. The van der Waals surface area contributed by atoms with E-state index < -0.39 is 48.0 Å². The van der Waals surface area contributed by atoms with Gasteiger partial charge in [-0.1, -0.05) is 0 Å². The molecule has 2 N–H and O–H groups in total. The van der Waals surface area contributed by atoms with E-state index >= 15 is 0 Å². The molecule has 3 nitrogen and oxygen atoms in total. The van der Waals surface area contributed by atoms with Crippen LogP contribution < -0.4 is 10.2 Å². The first-order valence-electron chi connectivity index (χ1n) is 3.88. The highest BCUT2D eigenvalue weighted by atomic mass is 32.7. The molecule has 2 unspecified atom stereocenters. The average Bonchev–Trinajstić information content (AvgIpc) is 2.21. The quantitative estimate of drug-likeness (QED) is 0.260. The van der Waals surface area contributed by atoms with Crippen LogP contribution in [0.4, 0.5) is 22.0 Å². The van der Waals surface area contributed by atoms with Gasteiger partial charge in [0, 0.05) is 0 Å². The summed E-state index contributed by atoms with van der Waals surface area (Å²) in [5.74, 6) is -11.4. The predicted molar refractivity (Wildman–Crippen MR) is 62.1 cm³/mol. The standard InChI is InChI=1S/C6H2F5NO2P2S2/c7-1-2(8)4(10)6(5(11)3(1)9)16(14,18)12-15(13)17/h(H2-,12,13,14,17,18)/p+1. The smallest absolute Gasteiger partial charge is 0.348 e. The SMILES string of the molecule is O=[P+](S)NP(O)(=S)c1c(F)c(F)c(F)c(F)c1F. The van der Waals surface area contributed by atoms with Gasteiger partial charge in [-0.25, -0.2) is 22.0 Å². The normalized spacial score (nSPS) is 15.4. The van der Waals surface area contributed by atoms with E-state index in [0.29, 0.717) is 0 Å². The molecular weight excluding hydrogens is 339 g/mol. The summed E-state index contributed by atoms with van der Waals surface area (Å²) in [6.45, 7) is 0. The molecule has 0 aliphatic rings. The van der Waals surface area contributed by atoms with Crippen molar-refractivity contribution in [2.24, 2.45) is 0 Å². The zero-order valence-electron chi connectivity index (χ0n) is 8.00. The second-order valence-electron chi connectivity index (χ2n) is 2.87. The number of thiol groups is 1. The maximum Gasteiger partial charge on any atom is 0.510 e. The Balaban J connectivity index is 3.61. The highest BCUT2D eigenvalue weighted by Gasteiger charge is 2.37.